The molecule has 9 heteroatoms. The molecular formula is C21H31IN6O2. The second-order valence-corrected chi connectivity index (χ2v) is 7.67. The van der Waals surface area contributed by atoms with E-state index in [-0.39, 0.29) is 24.0 Å². The molecule has 4 rings (SSSR count). The monoisotopic (exact) mass is 526 g/mol. The molecule has 8 nitrogen and oxygen atoms in total. The van der Waals surface area contributed by atoms with Crippen LogP contribution < -0.4 is 14.8 Å². The van der Waals surface area contributed by atoms with Crippen LogP contribution in [0.4, 0.5) is 0 Å². The lowest BCUT2D eigenvalue weighted by atomic mass is 10.2. The molecule has 0 amide bonds. The molecule has 1 aliphatic carbocycles. The molecule has 1 aromatic heterocycles. The van der Waals surface area contributed by atoms with Crippen molar-refractivity contribution in [2.24, 2.45) is 4.99 Å². The summed E-state index contributed by atoms with van der Waals surface area (Å²) < 4.78 is 13.0. The van der Waals surface area contributed by atoms with Gasteiger partial charge in [-0.1, -0.05) is 25.8 Å². The first kappa shape index (κ1) is 22.6. The van der Waals surface area contributed by atoms with E-state index in [4.69, 9.17) is 14.5 Å². The third-order valence-corrected chi connectivity index (χ3v) is 5.52. The molecule has 30 heavy (non-hydrogen) atoms. The van der Waals surface area contributed by atoms with Crippen LogP contribution in [-0.2, 0) is 19.5 Å². The zero-order valence-corrected chi connectivity index (χ0v) is 20.0. The van der Waals surface area contributed by atoms with Crippen LogP contribution in [0.15, 0.2) is 29.5 Å². The molecule has 2 aliphatic rings. The van der Waals surface area contributed by atoms with Crippen molar-refractivity contribution in [3.8, 4) is 11.5 Å². The molecule has 1 N–H and O–H groups in total. The molecule has 2 heterocycles. The Bertz CT molecular complexity index is 850. The summed E-state index contributed by atoms with van der Waals surface area (Å²) in [6.07, 6.45) is 7.66. The van der Waals surface area contributed by atoms with Crippen molar-refractivity contribution < 1.29 is 9.47 Å². The molecule has 1 saturated carbocycles. The number of guanidine groups is 1. The van der Waals surface area contributed by atoms with E-state index in [2.05, 4.69) is 51.1 Å². The minimum absolute atomic E-state index is 0. The fourth-order valence-electron chi connectivity index (χ4n) is 3.92. The van der Waals surface area contributed by atoms with E-state index in [1.807, 2.05) is 6.07 Å². The van der Waals surface area contributed by atoms with Gasteiger partial charge in [0.1, 0.15) is 12.2 Å². The standard InChI is InChI=1S/C21H30N6O2.HI/c1-3-20-25-23-14-27(20)11-10-22-21(24-17-6-4-5-7-17)26(2)13-16-8-9-18-19(12-16)29-15-28-18;/h8-9,12,14,17H,3-7,10-11,13,15H2,1-2H3,(H,22,24);1H. The molecular weight excluding hydrogens is 495 g/mol. The number of aliphatic imine (C=N–C) groups is 1. The Hall–Kier alpha value is -2.04. The molecule has 0 spiro atoms. The summed E-state index contributed by atoms with van der Waals surface area (Å²) in [4.78, 5) is 7.09. The van der Waals surface area contributed by atoms with E-state index in [0.29, 0.717) is 19.4 Å². The van der Waals surface area contributed by atoms with Crippen molar-refractivity contribution in [3.63, 3.8) is 0 Å². The minimum atomic E-state index is 0. The Morgan fingerprint density at radius 3 is 2.87 bits per heavy atom. The number of rotatable bonds is 7. The maximum absolute atomic E-state index is 5.52. The molecule has 0 bridgehead atoms. The van der Waals surface area contributed by atoms with Crippen LogP contribution >= 0.6 is 24.0 Å². The number of fused-ring (bicyclic) bond motifs is 1. The predicted molar refractivity (Wildman–Crippen MR) is 127 cm³/mol. The first-order valence-corrected chi connectivity index (χ1v) is 10.5. The Balaban J connectivity index is 0.00000256. The number of halogens is 1. The van der Waals surface area contributed by atoms with Gasteiger partial charge in [0.2, 0.25) is 6.79 Å². The van der Waals surface area contributed by atoms with Crippen LogP contribution in [0.2, 0.25) is 0 Å². The fourth-order valence-corrected chi connectivity index (χ4v) is 3.92. The summed E-state index contributed by atoms with van der Waals surface area (Å²) in [7, 11) is 2.08. The maximum Gasteiger partial charge on any atom is 0.231 e. The van der Waals surface area contributed by atoms with Crippen LogP contribution in [-0.4, -0.2) is 52.1 Å². The molecule has 2 aromatic rings. The Kier molecular flexibility index (Phi) is 8.17. The van der Waals surface area contributed by atoms with Gasteiger partial charge in [-0.05, 0) is 30.5 Å². The molecule has 1 fully saturated rings. The van der Waals surface area contributed by atoms with Crippen molar-refractivity contribution >= 4 is 29.9 Å². The largest absolute Gasteiger partial charge is 0.454 e. The fraction of sp³-hybridized carbons (Fsp3) is 0.571. The lowest BCUT2D eigenvalue weighted by molar-refractivity contribution is 0.174. The highest BCUT2D eigenvalue weighted by Gasteiger charge is 2.19. The highest BCUT2D eigenvalue weighted by atomic mass is 127. The van der Waals surface area contributed by atoms with E-state index in [9.17, 15) is 0 Å². The van der Waals surface area contributed by atoms with E-state index >= 15 is 0 Å². The second-order valence-electron chi connectivity index (χ2n) is 7.67. The first-order valence-electron chi connectivity index (χ1n) is 10.5. The summed E-state index contributed by atoms with van der Waals surface area (Å²) in [6.45, 7) is 4.61. The van der Waals surface area contributed by atoms with Gasteiger partial charge >= 0.3 is 0 Å². The summed E-state index contributed by atoms with van der Waals surface area (Å²) in [5, 5.41) is 11.8. The molecule has 0 radical (unpaired) electrons. The number of aromatic nitrogens is 3. The van der Waals surface area contributed by atoms with Gasteiger partial charge in [0.05, 0.1) is 6.54 Å². The zero-order chi connectivity index (χ0) is 20.1. The van der Waals surface area contributed by atoms with E-state index in [1.165, 1.54) is 31.2 Å². The molecule has 1 aliphatic heterocycles. The maximum atomic E-state index is 5.52. The van der Waals surface area contributed by atoms with Gasteiger partial charge in [-0.25, -0.2) is 0 Å². The van der Waals surface area contributed by atoms with Crippen LogP contribution in [0.3, 0.4) is 0 Å². The highest BCUT2D eigenvalue weighted by Crippen LogP contribution is 2.32. The molecule has 1 aromatic carbocycles. The smallest absolute Gasteiger partial charge is 0.231 e. The Morgan fingerprint density at radius 1 is 1.27 bits per heavy atom. The predicted octanol–water partition coefficient (Wildman–Crippen LogP) is 3.21. The third kappa shape index (κ3) is 5.55. The van der Waals surface area contributed by atoms with E-state index < -0.39 is 0 Å². The van der Waals surface area contributed by atoms with Crippen molar-refractivity contribution in [2.75, 3.05) is 20.4 Å². The number of ether oxygens (including phenoxy) is 2. The van der Waals surface area contributed by atoms with Crippen LogP contribution in [0, 0.1) is 0 Å². The zero-order valence-electron chi connectivity index (χ0n) is 17.7. The summed E-state index contributed by atoms with van der Waals surface area (Å²) in [5.41, 5.74) is 1.17. The first-order chi connectivity index (χ1) is 14.2. The van der Waals surface area contributed by atoms with Crippen LogP contribution in [0.1, 0.15) is 44.0 Å². The van der Waals surface area contributed by atoms with Gasteiger partial charge in [-0.2, -0.15) is 0 Å². The molecule has 0 atom stereocenters. The lowest BCUT2D eigenvalue weighted by Gasteiger charge is -2.25. The van der Waals surface area contributed by atoms with Crippen LogP contribution in [0.5, 0.6) is 11.5 Å². The topological polar surface area (TPSA) is 76.8 Å². The van der Waals surface area contributed by atoms with Crippen LogP contribution in [0.25, 0.3) is 0 Å². The SMILES string of the molecule is CCc1nncn1CCN=C(NC1CCCC1)N(C)Cc1ccc2c(c1)OCO2.I. The molecule has 164 valence electrons. The lowest BCUT2D eigenvalue weighted by Crippen LogP contribution is -2.43. The number of nitrogens with zero attached hydrogens (tertiary/aromatic N) is 5. The summed E-state index contributed by atoms with van der Waals surface area (Å²) in [6, 6.07) is 6.62. The van der Waals surface area contributed by atoms with E-state index in [1.54, 1.807) is 6.33 Å². The Morgan fingerprint density at radius 2 is 2.07 bits per heavy atom. The number of hydrogen-bond donors (Lipinski definition) is 1. The van der Waals surface area contributed by atoms with Gasteiger partial charge in [-0.3, -0.25) is 4.99 Å². The second kappa shape index (κ2) is 10.8. The molecule has 0 unspecified atom stereocenters. The van der Waals surface area contributed by atoms with Gasteiger partial charge in [0, 0.05) is 32.6 Å². The van der Waals surface area contributed by atoms with Crippen molar-refractivity contribution in [2.45, 2.75) is 58.2 Å². The van der Waals surface area contributed by atoms with E-state index in [0.717, 1.165) is 42.8 Å². The highest BCUT2D eigenvalue weighted by molar-refractivity contribution is 14.0. The number of nitrogens with one attached hydrogen (secondary N) is 1. The third-order valence-electron chi connectivity index (χ3n) is 5.52. The average molecular weight is 526 g/mol. The van der Waals surface area contributed by atoms with Crippen molar-refractivity contribution in [1.29, 1.82) is 0 Å². The van der Waals surface area contributed by atoms with Gasteiger partial charge in [-0.15, -0.1) is 34.2 Å². The summed E-state index contributed by atoms with van der Waals surface area (Å²) >= 11 is 0. The average Bonchev–Trinajstić information content (AvgIpc) is 3.48. The van der Waals surface area contributed by atoms with Gasteiger partial charge in [0.25, 0.3) is 0 Å². The van der Waals surface area contributed by atoms with Gasteiger partial charge < -0.3 is 24.3 Å². The quantitative estimate of drug-likeness (QED) is 0.339. The minimum Gasteiger partial charge on any atom is -0.454 e. The number of aryl methyl sites for hydroxylation is 1. The van der Waals surface area contributed by atoms with Gasteiger partial charge in [0.15, 0.2) is 17.5 Å². The Labute approximate surface area is 195 Å². The van der Waals surface area contributed by atoms with Crippen molar-refractivity contribution in [3.05, 3.63) is 35.9 Å². The number of hydrogen-bond acceptors (Lipinski definition) is 5. The number of benzene rings is 1. The normalized spacial score (nSPS) is 15.9. The van der Waals surface area contributed by atoms with Crippen molar-refractivity contribution in [1.82, 2.24) is 25.0 Å². The molecule has 0 saturated heterocycles. The summed E-state index contributed by atoms with van der Waals surface area (Å²) in [5.74, 6) is 3.58.